The van der Waals surface area contributed by atoms with E-state index < -0.39 is 0 Å². The van der Waals surface area contributed by atoms with Crippen LogP contribution in [0, 0.1) is 6.92 Å². The van der Waals surface area contributed by atoms with Gasteiger partial charge in [-0.25, -0.2) is 9.78 Å². The van der Waals surface area contributed by atoms with Crippen LogP contribution in [-0.4, -0.2) is 74.4 Å². The molecule has 3 heterocycles. The van der Waals surface area contributed by atoms with E-state index in [1.807, 2.05) is 6.92 Å². The van der Waals surface area contributed by atoms with Crippen LogP contribution in [0.5, 0.6) is 11.5 Å². The molecule has 9 nitrogen and oxygen atoms in total. The van der Waals surface area contributed by atoms with Crippen molar-refractivity contribution in [3.05, 3.63) is 28.9 Å². The summed E-state index contributed by atoms with van der Waals surface area (Å²) in [5, 5.41) is 3.31. The second-order valence-electron chi connectivity index (χ2n) is 8.31. The molecular formula is C23H31ClN6O3. The molecule has 0 bridgehead atoms. The monoisotopic (exact) mass is 474 g/mol. The van der Waals surface area contributed by atoms with Crippen molar-refractivity contribution >= 4 is 35.1 Å². The van der Waals surface area contributed by atoms with E-state index >= 15 is 0 Å². The number of hydrogen-bond donors (Lipinski definition) is 1. The Morgan fingerprint density at radius 2 is 1.61 bits per heavy atom. The number of piperazine rings is 1. The Morgan fingerprint density at radius 3 is 2.27 bits per heavy atom. The fourth-order valence-electron chi connectivity index (χ4n) is 4.22. The molecule has 0 atom stereocenters. The molecule has 2 aliphatic rings. The predicted octanol–water partition coefficient (Wildman–Crippen LogP) is 3.80. The highest BCUT2D eigenvalue weighted by atomic mass is 35.5. The maximum absolute atomic E-state index is 12.9. The van der Waals surface area contributed by atoms with Crippen molar-refractivity contribution in [2.24, 2.45) is 0 Å². The Labute approximate surface area is 199 Å². The number of rotatable bonds is 5. The normalized spacial score (nSPS) is 16.5. The molecule has 0 spiro atoms. The minimum atomic E-state index is -0.201. The van der Waals surface area contributed by atoms with Gasteiger partial charge in [0, 0.05) is 57.1 Å². The first kappa shape index (κ1) is 23.2. The molecule has 2 fully saturated rings. The molecule has 1 N–H and O–H groups in total. The lowest BCUT2D eigenvalue weighted by Crippen LogP contribution is -2.50. The van der Waals surface area contributed by atoms with E-state index in [4.69, 9.17) is 26.1 Å². The molecule has 0 unspecified atom stereocenters. The van der Waals surface area contributed by atoms with E-state index in [0.717, 1.165) is 30.5 Å². The maximum Gasteiger partial charge on any atom is 0.322 e. The van der Waals surface area contributed by atoms with Crippen LogP contribution in [0.3, 0.4) is 0 Å². The van der Waals surface area contributed by atoms with Gasteiger partial charge < -0.3 is 29.5 Å². The quantitative estimate of drug-likeness (QED) is 0.705. The van der Waals surface area contributed by atoms with Crippen LogP contribution in [0.4, 0.5) is 22.2 Å². The molecule has 10 heteroatoms. The summed E-state index contributed by atoms with van der Waals surface area (Å²) in [5.41, 5.74) is 1.47. The Kier molecular flexibility index (Phi) is 7.27. The number of carbonyl (C=O) groups excluding carboxylic acids is 1. The lowest BCUT2D eigenvalue weighted by Gasteiger charge is -2.35. The number of carbonyl (C=O) groups is 1. The summed E-state index contributed by atoms with van der Waals surface area (Å²) in [6, 6.07) is 5.15. The maximum atomic E-state index is 12.9. The standard InChI is InChI=1S/C23H31ClN6O3/c1-16-13-21(28-7-5-4-6-8-28)27-22(25-16)29-9-11-30(12-10-29)23(31)26-18-14-17(24)19(32-2)15-20(18)33-3/h13-15H,4-12H2,1-3H3,(H,26,31). The first-order chi connectivity index (χ1) is 16.0. The van der Waals surface area contributed by atoms with Crippen LogP contribution >= 0.6 is 11.6 Å². The number of methoxy groups -OCH3 is 2. The van der Waals surface area contributed by atoms with E-state index in [2.05, 4.69) is 26.2 Å². The SMILES string of the molecule is COc1cc(OC)c(NC(=O)N2CCN(c3nc(C)cc(N4CCCCC4)n3)CC2)cc1Cl. The number of nitrogens with one attached hydrogen (secondary N) is 1. The number of amides is 2. The molecule has 0 radical (unpaired) electrons. The van der Waals surface area contributed by atoms with Crippen LogP contribution in [0.25, 0.3) is 0 Å². The average molecular weight is 475 g/mol. The van der Waals surface area contributed by atoms with Crippen molar-refractivity contribution in [2.75, 3.05) is 68.6 Å². The number of halogens is 1. The lowest BCUT2D eigenvalue weighted by molar-refractivity contribution is 0.208. The smallest absolute Gasteiger partial charge is 0.322 e. The number of anilines is 3. The van der Waals surface area contributed by atoms with Crippen molar-refractivity contribution in [3.8, 4) is 11.5 Å². The van der Waals surface area contributed by atoms with E-state index in [0.29, 0.717) is 48.4 Å². The summed E-state index contributed by atoms with van der Waals surface area (Å²) in [7, 11) is 3.07. The fourth-order valence-corrected chi connectivity index (χ4v) is 4.47. The number of benzene rings is 1. The van der Waals surface area contributed by atoms with Gasteiger partial charge in [-0.05, 0) is 32.3 Å². The Bertz CT molecular complexity index is 990. The van der Waals surface area contributed by atoms with Gasteiger partial charge in [-0.3, -0.25) is 0 Å². The number of hydrogen-bond acceptors (Lipinski definition) is 7. The highest BCUT2D eigenvalue weighted by Gasteiger charge is 2.25. The minimum absolute atomic E-state index is 0.201. The minimum Gasteiger partial charge on any atom is -0.495 e. The number of aromatic nitrogens is 2. The zero-order chi connectivity index (χ0) is 23.4. The first-order valence-electron chi connectivity index (χ1n) is 11.3. The third kappa shape index (κ3) is 5.35. The van der Waals surface area contributed by atoms with E-state index in [-0.39, 0.29) is 6.03 Å². The van der Waals surface area contributed by atoms with Crippen LogP contribution in [0.1, 0.15) is 25.0 Å². The topological polar surface area (TPSA) is 83.1 Å². The molecular weight excluding hydrogens is 444 g/mol. The van der Waals surface area contributed by atoms with Gasteiger partial charge in [0.1, 0.15) is 17.3 Å². The second kappa shape index (κ2) is 10.3. The molecule has 178 valence electrons. The van der Waals surface area contributed by atoms with Gasteiger partial charge in [0.05, 0.1) is 24.9 Å². The van der Waals surface area contributed by atoms with Gasteiger partial charge in [-0.15, -0.1) is 0 Å². The summed E-state index contributed by atoms with van der Waals surface area (Å²) < 4.78 is 10.6. The van der Waals surface area contributed by atoms with Gasteiger partial charge in [0.2, 0.25) is 5.95 Å². The Morgan fingerprint density at radius 1 is 0.909 bits per heavy atom. The number of ether oxygens (including phenoxy) is 2. The van der Waals surface area contributed by atoms with Crippen LogP contribution in [0.2, 0.25) is 5.02 Å². The highest BCUT2D eigenvalue weighted by molar-refractivity contribution is 6.32. The third-order valence-corrected chi connectivity index (χ3v) is 6.37. The zero-order valence-electron chi connectivity index (χ0n) is 19.4. The number of urea groups is 1. The first-order valence-corrected chi connectivity index (χ1v) is 11.7. The van der Waals surface area contributed by atoms with Crippen LogP contribution in [0.15, 0.2) is 18.2 Å². The molecule has 2 saturated heterocycles. The Balaban J connectivity index is 1.39. The molecule has 0 saturated carbocycles. The molecule has 2 aromatic rings. The molecule has 0 aliphatic carbocycles. The lowest BCUT2D eigenvalue weighted by atomic mass is 10.1. The molecule has 1 aromatic heterocycles. The summed E-state index contributed by atoms with van der Waals surface area (Å²) in [6.45, 7) is 6.55. The van der Waals surface area contributed by atoms with Crippen molar-refractivity contribution < 1.29 is 14.3 Å². The largest absolute Gasteiger partial charge is 0.495 e. The molecule has 2 amide bonds. The van der Waals surface area contributed by atoms with Gasteiger partial charge in [0.25, 0.3) is 0 Å². The molecule has 4 rings (SSSR count). The number of nitrogens with zero attached hydrogens (tertiary/aromatic N) is 5. The highest BCUT2D eigenvalue weighted by Crippen LogP contribution is 2.36. The van der Waals surface area contributed by atoms with Gasteiger partial charge in [-0.1, -0.05) is 11.6 Å². The summed E-state index contributed by atoms with van der Waals surface area (Å²) in [6.07, 6.45) is 3.69. The van der Waals surface area contributed by atoms with Gasteiger partial charge in [-0.2, -0.15) is 4.98 Å². The average Bonchev–Trinajstić information content (AvgIpc) is 2.84. The second-order valence-corrected chi connectivity index (χ2v) is 8.71. The van der Waals surface area contributed by atoms with Crippen LogP contribution < -0.4 is 24.6 Å². The Hall–Kier alpha value is -2.94. The van der Waals surface area contributed by atoms with Crippen LogP contribution in [-0.2, 0) is 0 Å². The van der Waals surface area contributed by atoms with E-state index in [1.165, 1.54) is 33.5 Å². The number of piperidine rings is 1. The zero-order valence-corrected chi connectivity index (χ0v) is 20.2. The molecule has 2 aliphatic heterocycles. The van der Waals surface area contributed by atoms with E-state index in [9.17, 15) is 4.79 Å². The predicted molar refractivity (Wildman–Crippen MR) is 130 cm³/mol. The third-order valence-electron chi connectivity index (χ3n) is 6.07. The molecule has 33 heavy (non-hydrogen) atoms. The van der Waals surface area contributed by atoms with E-state index in [1.54, 1.807) is 17.0 Å². The van der Waals surface area contributed by atoms with Crippen molar-refractivity contribution in [2.45, 2.75) is 26.2 Å². The molecule has 1 aromatic carbocycles. The summed E-state index contributed by atoms with van der Waals surface area (Å²) in [4.78, 5) is 28.7. The van der Waals surface area contributed by atoms with Gasteiger partial charge >= 0.3 is 6.03 Å². The van der Waals surface area contributed by atoms with Crippen molar-refractivity contribution in [1.29, 1.82) is 0 Å². The van der Waals surface area contributed by atoms with Crippen molar-refractivity contribution in [1.82, 2.24) is 14.9 Å². The summed E-state index contributed by atoms with van der Waals surface area (Å²) in [5.74, 6) is 2.71. The summed E-state index contributed by atoms with van der Waals surface area (Å²) >= 11 is 6.23. The number of aryl methyl sites for hydroxylation is 1. The fraction of sp³-hybridized carbons (Fsp3) is 0.522. The van der Waals surface area contributed by atoms with Crippen molar-refractivity contribution in [3.63, 3.8) is 0 Å². The van der Waals surface area contributed by atoms with Gasteiger partial charge in [0.15, 0.2) is 0 Å².